The van der Waals surface area contributed by atoms with Crippen LogP contribution in [-0.4, -0.2) is 60.4 Å². The summed E-state index contributed by atoms with van der Waals surface area (Å²) in [4.78, 5) is 0. The fourth-order valence-electron chi connectivity index (χ4n) is 4.53. The fraction of sp³-hybridized carbons (Fsp3) is 0.684. The summed E-state index contributed by atoms with van der Waals surface area (Å²) in [6.07, 6.45) is 8.05. The molecule has 1 aromatic rings. The number of benzene rings is 1. The summed E-state index contributed by atoms with van der Waals surface area (Å²) in [6, 6.07) is 8.54. The number of nitrogens with one attached hydrogen (secondary N) is 1. The van der Waals surface area contributed by atoms with Crippen LogP contribution in [0.15, 0.2) is 24.3 Å². The molecule has 3 heterocycles. The van der Waals surface area contributed by atoms with Crippen LogP contribution in [0.5, 0.6) is 5.75 Å². The van der Waals surface area contributed by atoms with Crippen molar-refractivity contribution < 1.29 is 4.74 Å². The molecular weight excluding hydrogens is 331 g/mol. The highest BCUT2D eigenvalue weighted by molar-refractivity contribution is 7.70. The second-order valence-corrected chi connectivity index (χ2v) is 10.4. The first-order valence-corrected chi connectivity index (χ1v) is 11.6. The lowest BCUT2D eigenvalue weighted by Gasteiger charge is -2.43. The Bertz CT molecular complexity index is 508. The molecule has 0 bridgehead atoms. The van der Waals surface area contributed by atoms with E-state index in [2.05, 4.69) is 43.4 Å². The van der Waals surface area contributed by atoms with Gasteiger partial charge in [0.15, 0.2) is 0 Å². The van der Waals surface area contributed by atoms with Crippen LogP contribution >= 0.6 is 7.87 Å². The van der Waals surface area contributed by atoms with E-state index in [1.807, 2.05) is 0 Å². The number of rotatable bonds is 6. The van der Waals surface area contributed by atoms with E-state index in [4.69, 9.17) is 4.74 Å². The molecule has 5 nitrogen and oxygen atoms in total. The van der Waals surface area contributed by atoms with Crippen LogP contribution < -0.4 is 9.82 Å². The second kappa shape index (κ2) is 7.79. The lowest BCUT2D eigenvalue weighted by molar-refractivity contribution is 0.377. The van der Waals surface area contributed by atoms with Gasteiger partial charge in [-0.25, -0.2) is 5.09 Å². The van der Waals surface area contributed by atoms with Gasteiger partial charge in [0.25, 0.3) is 0 Å². The summed E-state index contributed by atoms with van der Waals surface area (Å²) in [5.74, 6) is 0.929. The zero-order valence-electron chi connectivity index (χ0n) is 15.5. The van der Waals surface area contributed by atoms with Gasteiger partial charge in [0.1, 0.15) is 5.75 Å². The largest absolute Gasteiger partial charge is 0.497 e. The van der Waals surface area contributed by atoms with Crippen LogP contribution in [0.2, 0.25) is 0 Å². The highest BCUT2D eigenvalue weighted by Gasteiger charge is 2.59. The van der Waals surface area contributed by atoms with Crippen LogP contribution in [0.4, 0.5) is 5.69 Å². The maximum absolute atomic E-state index is 5.35. The third-order valence-electron chi connectivity index (χ3n) is 5.80. The van der Waals surface area contributed by atoms with Crippen LogP contribution in [-0.2, 0) is 0 Å². The van der Waals surface area contributed by atoms with E-state index in [0.717, 1.165) is 5.75 Å². The van der Waals surface area contributed by atoms with Gasteiger partial charge in [0.05, 0.1) is 12.8 Å². The Morgan fingerprint density at radius 2 is 1.12 bits per heavy atom. The fourth-order valence-corrected chi connectivity index (χ4v) is 9.04. The van der Waals surface area contributed by atoms with E-state index < -0.39 is 7.87 Å². The van der Waals surface area contributed by atoms with Crippen molar-refractivity contribution in [3.05, 3.63) is 24.3 Å². The van der Waals surface area contributed by atoms with Gasteiger partial charge in [-0.15, -0.1) is 14.0 Å². The molecule has 3 aliphatic rings. The third kappa shape index (κ3) is 3.40. The molecule has 3 aliphatic heterocycles. The van der Waals surface area contributed by atoms with E-state index in [0.29, 0.717) is 0 Å². The molecule has 1 aromatic carbocycles. The first-order chi connectivity index (χ1) is 12.3. The average molecular weight is 363 g/mol. The van der Waals surface area contributed by atoms with Crippen molar-refractivity contribution in [1.82, 2.24) is 14.0 Å². The molecule has 3 fully saturated rings. The molecule has 0 spiro atoms. The van der Waals surface area contributed by atoms with Crippen LogP contribution in [0.3, 0.4) is 0 Å². The Balaban J connectivity index is 1.69. The van der Waals surface area contributed by atoms with Crippen molar-refractivity contribution in [1.29, 1.82) is 0 Å². The summed E-state index contributed by atoms with van der Waals surface area (Å²) in [7, 11) is 0.0592. The van der Waals surface area contributed by atoms with Gasteiger partial charge in [-0.2, -0.15) is 0 Å². The van der Waals surface area contributed by atoms with Gasteiger partial charge in [-0.1, -0.05) is 0 Å². The minimum absolute atomic E-state index is 0.929. The van der Waals surface area contributed by atoms with Crippen LogP contribution in [0, 0.1) is 0 Å². The van der Waals surface area contributed by atoms with Gasteiger partial charge >= 0.3 is 7.87 Å². The number of hydrogen-bond donors (Lipinski definition) is 1. The molecule has 0 aromatic heterocycles. The highest BCUT2D eigenvalue weighted by atomic mass is 31.2. The normalized spacial score (nSPS) is 23.4. The molecule has 6 heteroatoms. The SMILES string of the molecule is COc1ccc(N[P+](N2CCCC2)(N2CCCC2)N2CCCC2)cc1. The van der Waals surface area contributed by atoms with Crippen molar-refractivity contribution >= 4 is 13.6 Å². The number of ether oxygens (including phenoxy) is 1. The lowest BCUT2D eigenvalue weighted by Crippen LogP contribution is -2.46. The van der Waals surface area contributed by atoms with Crippen molar-refractivity contribution in [3.63, 3.8) is 0 Å². The summed E-state index contributed by atoms with van der Waals surface area (Å²) in [5.41, 5.74) is 1.24. The Hall–Kier alpha value is -0.870. The summed E-state index contributed by atoms with van der Waals surface area (Å²) >= 11 is 0. The predicted octanol–water partition coefficient (Wildman–Crippen LogP) is 4.07. The molecule has 0 saturated carbocycles. The molecule has 0 radical (unpaired) electrons. The maximum Gasteiger partial charge on any atom is 0.329 e. The molecule has 25 heavy (non-hydrogen) atoms. The number of methoxy groups -OCH3 is 1. The molecule has 0 atom stereocenters. The van der Waals surface area contributed by atoms with Crippen LogP contribution in [0.25, 0.3) is 0 Å². The Morgan fingerprint density at radius 1 is 0.720 bits per heavy atom. The zero-order chi connectivity index (χ0) is 17.1. The molecule has 138 valence electrons. The van der Waals surface area contributed by atoms with Crippen LogP contribution in [0.1, 0.15) is 38.5 Å². The Morgan fingerprint density at radius 3 is 1.48 bits per heavy atom. The van der Waals surface area contributed by atoms with Gasteiger partial charge in [-0.05, 0) is 62.8 Å². The molecule has 0 amide bonds. The highest BCUT2D eigenvalue weighted by Crippen LogP contribution is 2.69. The van der Waals surface area contributed by atoms with Crippen molar-refractivity contribution in [2.75, 3.05) is 51.5 Å². The molecule has 4 rings (SSSR count). The minimum Gasteiger partial charge on any atom is -0.497 e. The van der Waals surface area contributed by atoms with Crippen molar-refractivity contribution in [3.8, 4) is 5.75 Å². The van der Waals surface area contributed by atoms with E-state index in [1.165, 1.54) is 83.5 Å². The van der Waals surface area contributed by atoms with E-state index >= 15 is 0 Å². The first-order valence-electron chi connectivity index (χ1n) is 9.90. The van der Waals surface area contributed by atoms with Gasteiger partial charge < -0.3 is 4.74 Å². The molecule has 0 unspecified atom stereocenters. The van der Waals surface area contributed by atoms with E-state index in [9.17, 15) is 0 Å². The zero-order valence-corrected chi connectivity index (χ0v) is 16.4. The second-order valence-electron chi connectivity index (χ2n) is 7.39. The maximum atomic E-state index is 5.35. The quantitative estimate of drug-likeness (QED) is 0.770. The molecule has 1 N–H and O–H groups in total. The lowest BCUT2D eigenvalue weighted by atomic mass is 10.3. The van der Waals surface area contributed by atoms with Crippen molar-refractivity contribution in [2.24, 2.45) is 0 Å². The number of hydrogen-bond acceptors (Lipinski definition) is 5. The Kier molecular flexibility index (Phi) is 5.47. The monoisotopic (exact) mass is 363 g/mol. The first kappa shape index (κ1) is 17.5. The minimum atomic E-state index is -1.68. The molecule has 3 saturated heterocycles. The van der Waals surface area contributed by atoms with Crippen molar-refractivity contribution in [2.45, 2.75) is 38.5 Å². The average Bonchev–Trinajstić information content (AvgIpc) is 3.44. The van der Waals surface area contributed by atoms with Gasteiger partial charge in [0, 0.05) is 39.3 Å². The standard InChI is InChI=1S/C19H32N4OP/c1-24-19-10-8-18(9-11-19)20-25(21-12-2-3-13-21,22-14-4-5-15-22)23-16-6-7-17-23/h8-11,20H,2-7,12-17H2,1H3/q+1. The topological polar surface area (TPSA) is 31.0 Å². The number of nitrogens with zero attached hydrogens (tertiary/aromatic N) is 3. The Labute approximate surface area is 152 Å². The smallest absolute Gasteiger partial charge is 0.329 e. The summed E-state index contributed by atoms with van der Waals surface area (Å²) in [6.45, 7) is 7.44. The summed E-state index contributed by atoms with van der Waals surface area (Å²) in [5, 5.41) is 4.10. The van der Waals surface area contributed by atoms with E-state index in [1.54, 1.807) is 7.11 Å². The molecular formula is C19H32N4OP+. The van der Waals surface area contributed by atoms with Gasteiger partial charge in [-0.3, -0.25) is 0 Å². The predicted molar refractivity (Wildman–Crippen MR) is 106 cm³/mol. The number of anilines is 1. The summed E-state index contributed by atoms with van der Waals surface area (Å²) < 4.78 is 13.8. The molecule has 0 aliphatic carbocycles. The van der Waals surface area contributed by atoms with E-state index in [-0.39, 0.29) is 0 Å². The third-order valence-corrected chi connectivity index (χ3v) is 9.92. The van der Waals surface area contributed by atoms with Gasteiger partial charge in [0.2, 0.25) is 0 Å².